The summed E-state index contributed by atoms with van der Waals surface area (Å²) in [6, 6.07) is 8.44. The number of carbonyl (C=O) groups is 1. The standard InChI is InChI=1S/C22H20Cl3F3N2O3/c1-12(32-2)6-19(31)29-11-13-4-3-5-17(20(13)25)18-10-21(33-30-18,22(26,27)28)14-7-15(23)9-16(24)8-14/h3-5,7-9,12H,6,10-11H2,1-2H3,(H,29,31). The fourth-order valence-electron chi connectivity index (χ4n) is 3.38. The number of halogens is 6. The molecule has 0 radical (unpaired) electrons. The summed E-state index contributed by atoms with van der Waals surface area (Å²) in [5.41, 5.74) is -2.23. The molecule has 2 unspecified atom stereocenters. The van der Waals surface area contributed by atoms with Crippen LogP contribution >= 0.6 is 34.8 Å². The van der Waals surface area contributed by atoms with Gasteiger partial charge in [0.05, 0.1) is 29.7 Å². The summed E-state index contributed by atoms with van der Waals surface area (Å²) in [7, 11) is 1.50. The Labute approximate surface area is 203 Å². The van der Waals surface area contributed by atoms with Crippen LogP contribution in [0.25, 0.3) is 0 Å². The molecular formula is C22H20Cl3F3N2O3. The lowest BCUT2D eigenvalue weighted by Gasteiger charge is -2.29. The Hall–Kier alpha value is -2.00. The number of carbonyl (C=O) groups excluding carboxylic acids is 1. The lowest BCUT2D eigenvalue weighted by molar-refractivity contribution is -0.275. The van der Waals surface area contributed by atoms with Gasteiger partial charge in [-0.3, -0.25) is 4.79 Å². The molecule has 0 saturated carbocycles. The first-order valence-corrected chi connectivity index (χ1v) is 11.0. The Kier molecular flexibility index (Phi) is 7.84. The molecule has 0 fully saturated rings. The Morgan fingerprint density at radius 1 is 1.24 bits per heavy atom. The van der Waals surface area contributed by atoms with E-state index in [4.69, 9.17) is 44.4 Å². The zero-order valence-corrected chi connectivity index (χ0v) is 19.9. The molecule has 0 aromatic heterocycles. The summed E-state index contributed by atoms with van der Waals surface area (Å²) in [6.07, 6.45) is -5.55. The van der Waals surface area contributed by atoms with Gasteiger partial charge in [0.2, 0.25) is 5.91 Å². The van der Waals surface area contributed by atoms with Crippen LogP contribution in [-0.2, 0) is 26.5 Å². The van der Waals surface area contributed by atoms with Crippen molar-refractivity contribution in [2.24, 2.45) is 5.16 Å². The molecule has 5 nitrogen and oxygen atoms in total. The fraction of sp³-hybridized carbons (Fsp3) is 0.364. The molecule has 1 aliphatic rings. The van der Waals surface area contributed by atoms with E-state index >= 15 is 0 Å². The minimum atomic E-state index is -4.82. The highest BCUT2D eigenvalue weighted by Crippen LogP contribution is 2.50. The van der Waals surface area contributed by atoms with Gasteiger partial charge in [0, 0.05) is 34.8 Å². The third-order valence-electron chi connectivity index (χ3n) is 5.26. The van der Waals surface area contributed by atoms with E-state index in [1.807, 2.05) is 0 Å². The van der Waals surface area contributed by atoms with Gasteiger partial charge in [-0.25, -0.2) is 0 Å². The molecule has 2 aromatic carbocycles. The van der Waals surface area contributed by atoms with Crippen LogP contribution in [0.15, 0.2) is 41.6 Å². The first-order chi connectivity index (χ1) is 15.5. The lowest BCUT2D eigenvalue weighted by atomic mass is 9.86. The van der Waals surface area contributed by atoms with Crippen LogP contribution in [0.1, 0.15) is 36.5 Å². The average Bonchev–Trinajstić information content (AvgIpc) is 3.19. The molecule has 0 spiro atoms. The first-order valence-electron chi connectivity index (χ1n) is 9.82. The Balaban J connectivity index is 1.86. The first kappa shape index (κ1) is 25.6. The number of amides is 1. The van der Waals surface area contributed by atoms with Crippen LogP contribution in [0.3, 0.4) is 0 Å². The van der Waals surface area contributed by atoms with Crippen molar-refractivity contribution < 1.29 is 27.5 Å². The zero-order valence-electron chi connectivity index (χ0n) is 17.6. The summed E-state index contributed by atoms with van der Waals surface area (Å²) in [5.74, 6) is -0.249. The molecule has 11 heteroatoms. The number of ether oxygens (including phenoxy) is 1. The molecule has 2 atom stereocenters. The monoisotopic (exact) mass is 522 g/mol. The van der Waals surface area contributed by atoms with Gasteiger partial charge < -0.3 is 14.9 Å². The molecule has 0 bridgehead atoms. The number of hydrogen-bond donors (Lipinski definition) is 1. The highest BCUT2D eigenvalue weighted by atomic mass is 35.5. The van der Waals surface area contributed by atoms with Crippen molar-refractivity contribution >= 4 is 46.4 Å². The molecular weight excluding hydrogens is 504 g/mol. The van der Waals surface area contributed by atoms with E-state index in [0.717, 1.165) is 12.1 Å². The van der Waals surface area contributed by atoms with E-state index in [9.17, 15) is 18.0 Å². The predicted octanol–water partition coefficient (Wildman–Crippen LogP) is 6.27. The summed E-state index contributed by atoms with van der Waals surface area (Å²) < 4.78 is 47.7. The smallest absolute Gasteiger partial charge is 0.381 e. The molecule has 1 heterocycles. The molecule has 0 saturated heterocycles. The Morgan fingerprint density at radius 3 is 2.52 bits per heavy atom. The average molecular weight is 524 g/mol. The maximum absolute atomic E-state index is 14.2. The Morgan fingerprint density at radius 2 is 1.91 bits per heavy atom. The highest BCUT2D eigenvalue weighted by Gasteiger charge is 2.62. The molecule has 2 aromatic rings. The minimum Gasteiger partial charge on any atom is -0.381 e. The third kappa shape index (κ3) is 5.57. The second kappa shape index (κ2) is 10.1. The SMILES string of the molecule is COC(C)CC(=O)NCc1cccc(C2=NOC(c3cc(Cl)cc(Cl)c3)(C(F)(F)F)C2)c1Cl. The number of benzene rings is 2. The molecule has 1 aliphatic heterocycles. The van der Waals surface area contributed by atoms with Crippen molar-refractivity contribution in [3.8, 4) is 0 Å². The molecule has 178 valence electrons. The van der Waals surface area contributed by atoms with Gasteiger partial charge in [-0.15, -0.1) is 0 Å². The van der Waals surface area contributed by atoms with E-state index in [1.54, 1.807) is 25.1 Å². The van der Waals surface area contributed by atoms with E-state index in [0.29, 0.717) is 5.56 Å². The molecule has 0 aliphatic carbocycles. The third-order valence-corrected chi connectivity index (χ3v) is 6.14. The van der Waals surface area contributed by atoms with Crippen molar-refractivity contribution in [3.63, 3.8) is 0 Å². The van der Waals surface area contributed by atoms with Crippen LogP contribution in [0, 0.1) is 0 Å². The van der Waals surface area contributed by atoms with E-state index < -0.39 is 18.2 Å². The normalized spacial score (nSPS) is 19.1. The van der Waals surface area contributed by atoms with Crippen LogP contribution in [-0.4, -0.2) is 31.0 Å². The van der Waals surface area contributed by atoms with Crippen LogP contribution in [0.5, 0.6) is 0 Å². The van der Waals surface area contributed by atoms with Gasteiger partial charge in [-0.2, -0.15) is 13.2 Å². The highest BCUT2D eigenvalue weighted by molar-refractivity contribution is 6.35. The van der Waals surface area contributed by atoms with Crippen molar-refractivity contribution in [2.75, 3.05) is 7.11 Å². The van der Waals surface area contributed by atoms with Gasteiger partial charge in [0.1, 0.15) is 0 Å². The minimum absolute atomic E-state index is 0.00889. The molecule has 1 amide bonds. The van der Waals surface area contributed by atoms with E-state index in [-0.39, 0.29) is 56.9 Å². The Bertz CT molecular complexity index is 1060. The van der Waals surface area contributed by atoms with Crippen molar-refractivity contribution in [1.29, 1.82) is 0 Å². The maximum atomic E-state index is 14.2. The van der Waals surface area contributed by atoms with E-state index in [1.165, 1.54) is 13.2 Å². The van der Waals surface area contributed by atoms with Crippen LogP contribution < -0.4 is 5.32 Å². The van der Waals surface area contributed by atoms with Crippen LogP contribution in [0.2, 0.25) is 15.1 Å². The van der Waals surface area contributed by atoms with Gasteiger partial charge in [-0.1, -0.05) is 58.2 Å². The number of alkyl halides is 3. The summed E-state index contributed by atoms with van der Waals surface area (Å²) in [4.78, 5) is 17.0. The number of nitrogens with one attached hydrogen (secondary N) is 1. The number of rotatable bonds is 7. The van der Waals surface area contributed by atoms with Crippen molar-refractivity contribution in [1.82, 2.24) is 5.32 Å². The number of hydrogen-bond acceptors (Lipinski definition) is 4. The lowest BCUT2D eigenvalue weighted by Crippen LogP contribution is -2.42. The van der Waals surface area contributed by atoms with Gasteiger partial charge >= 0.3 is 6.18 Å². The quantitative estimate of drug-likeness (QED) is 0.465. The zero-order chi connectivity index (χ0) is 24.4. The summed E-state index contributed by atoms with van der Waals surface area (Å²) in [5, 5.41) is 6.70. The topological polar surface area (TPSA) is 59.9 Å². The van der Waals surface area contributed by atoms with Gasteiger partial charge in [0.15, 0.2) is 0 Å². The molecule has 3 rings (SSSR count). The fourth-order valence-corrected chi connectivity index (χ4v) is 4.21. The van der Waals surface area contributed by atoms with Gasteiger partial charge in [0.25, 0.3) is 5.60 Å². The van der Waals surface area contributed by atoms with Gasteiger partial charge in [-0.05, 0) is 30.7 Å². The summed E-state index contributed by atoms with van der Waals surface area (Å²) >= 11 is 18.3. The van der Waals surface area contributed by atoms with Crippen LogP contribution in [0.4, 0.5) is 13.2 Å². The second-order valence-electron chi connectivity index (χ2n) is 7.59. The maximum Gasteiger partial charge on any atom is 0.435 e. The second-order valence-corrected chi connectivity index (χ2v) is 8.85. The number of methoxy groups -OCH3 is 1. The molecule has 1 N–H and O–H groups in total. The van der Waals surface area contributed by atoms with Crippen molar-refractivity contribution in [3.05, 3.63) is 68.2 Å². The number of nitrogens with zero attached hydrogens (tertiary/aromatic N) is 1. The summed E-state index contributed by atoms with van der Waals surface area (Å²) in [6.45, 7) is 1.84. The largest absolute Gasteiger partial charge is 0.435 e. The predicted molar refractivity (Wildman–Crippen MR) is 121 cm³/mol. The van der Waals surface area contributed by atoms with Crippen molar-refractivity contribution in [2.45, 2.75) is 44.2 Å². The molecule has 33 heavy (non-hydrogen) atoms. The van der Waals surface area contributed by atoms with E-state index in [2.05, 4.69) is 10.5 Å². The number of oxime groups is 1.